The lowest BCUT2D eigenvalue weighted by molar-refractivity contribution is 0.153. The Kier molecular flexibility index (Phi) is 3.07. The number of rotatable bonds is 2. The minimum absolute atomic E-state index is 0.244. The normalized spacial score (nSPS) is 25.1. The van der Waals surface area contributed by atoms with Gasteiger partial charge in [-0.05, 0) is 18.8 Å². The molecule has 0 aromatic rings. The summed E-state index contributed by atoms with van der Waals surface area (Å²) in [5.74, 6) is 0.722. The largest absolute Gasteiger partial charge is 0.370 e. The van der Waals surface area contributed by atoms with Gasteiger partial charge in [-0.2, -0.15) is 0 Å². The molecule has 0 aliphatic carbocycles. The van der Waals surface area contributed by atoms with Crippen LogP contribution in [0.25, 0.3) is 0 Å². The van der Waals surface area contributed by atoms with E-state index in [0.717, 1.165) is 18.9 Å². The highest BCUT2D eigenvalue weighted by atomic mass is 15.3. The molecule has 1 aliphatic heterocycles. The molecule has 0 fully saturated rings. The summed E-state index contributed by atoms with van der Waals surface area (Å²) in [4.78, 5) is 6.63. The van der Waals surface area contributed by atoms with Crippen molar-refractivity contribution in [1.82, 2.24) is 4.90 Å². The molecule has 0 radical (unpaired) electrons. The summed E-state index contributed by atoms with van der Waals surface area (Å²) in [5.41, 5.74) is 6.16. The second-order valence-corrected chi connectivity index (χ2v) is 5.25. The number of aliphatic imine (C=N–C) groups is 1. The van der Waals surface area contributed by atoms with E-state index in [1.807, 2.05) is 0 Å². The molecule has 1 aliphatic rings. The highest BCUT2D eigenvalue weighted by molar-refractivity contribution is 5.80. The Hall–Kier alpha value is -0.730. The molecular weight excluding hydrogens is 174 g/mol. The molecule has 0 saturated carbocycles. The van der Waals surface area contributed by atoms with Crippen molar-refractivity contribution in [2.24, 2.45) is 16.1 Å². The summed E-state index contributed by atoms with van der Waals surface area (Å²) in [6, 6.07) is 0.947. The first-order chi connectivity index (χ1) is 6.38. The summed E-state index contributed by atoms with van der Waals surface area (Å²) < 4.78 is 0. The van der Waals surface area contributed by atoms with E-state index in [4.69, 9.17) is 5.73 Å². The van der Waals surface area contributed by atoms with Crippen LogP contribution in [0.5, 0.6) is 0 Å². The fraction of sp³-hybridized carbons (Fsp3) is 0.909. The third-order valence-electron chi connectivity index (χ3n) is 3.09. The zero-order chi connectivity index (χ0) is 10.9. The standard InChI is InChI=1S/C11H23N3/c1-6-8(2)14-9(11(3,4)5)7-13-10(14)12/h8-9H,6-7H2,1-5H3,(H2,12,13). The maximum Gasteiger partial charge on any atom is 0.191 e. The van der Waals surface area contributed by atoms with Crippen LogP contribution in [0.3, 0.4) is 0 Å². The van der Waals surface area contributed by atoms with Crippen LogP contribution in [0.4, 0.5) is 0 Å². The van der Waals surface area contributed by atoms with Gasteiger partial charge in [0.2, 0.25) is 0 Å². The predicted octanol–water partition coefficient (Wildman–Crippen LogP) is 1.83. The fourth-order valence-corrected chi connectivity index (χ4v) is 1.93. The number of nitrogens with two attached hydrogens (primary N) is 1. The predicted molar refractivity (Wildman–Crippen MR) is 61.3 cm³/mol. The van der Waals surface area contributed by atoms with Crippen molar-refractivity contribution in [2.45, 2.75) is 53.1 Å². The quantitative estimate of drug-likeness (QED) is 0.734. The van der Waals surface area contributed by atoms with Crippen molar-refractivity contribution < 1.29 is 0 Å². The zero-order valence-electron chi connectivity index (χ0n) is 10.0. The van der Waals surface area contributed by atoms with Crippen molar-refractivity contribution >= 4 is 5.96 Å². The van der Waals surface area contributed by atoms with Gasteiger partial charge < -0.3 is 10.6 Å². The molecule has 82 valence electrons. The van der Waals surface area contributed by atoms with E-state index in [9.17, 15) is 0 Å². The maximum atomic E-state index is 5.92. The van der Waals surface area contributed by atoms with E-state index in [0.29, 0.717) is 12.1 Å². The molecule has 3 nitrogen and oxygen atoms in total. The van der Waals surface area contributed by atoms with E-state index < -0.39 is 0 Å². The summed E-state index contributed by atoms with van der Waals surface area (Å²) in [7, 11) is 0. The number of hydrogen-bond acceptors (Lipinski definition) is 3. The van der Waals surface area contributed by atoms with E-state index >= 15 is 0 Å². The van der Waals surface area contributed by atoms with Crippen LogP contribution < -0.4 is 5.73 Å². The summed E-state index contributed by atoms with van der Waals surface area (Å²) in [5, 5.41) is 0. The van der Waals surface area contributed by atoms with E-state index in [-0.39, 0.29) is 5.41 Å². The average molecular weight is 197 g/mol. The average Bonchev–Trinajstić information content (AvgIpc) is 2.45. The number of nitrogens with zero attached hydrogens (tertiary/aromatic N) is 2. The molecule has 14 heavy (non-hydrogen) atoms. The van der Waals surface area contributed by atoms with Crippen LogP contribution in [0.1, 0.15) is 41.0 Å². The molecule has 0 saturated heterocycles. The van der Waals surface area contributed by atoms with Crippen LogP contribution in [0, 0.1) is 5.41 Å². The summed E-state index contributed by atoms with van der Waals surface area (Å²) in [6.07, 6.45) is 1.11. The Balaban J connectivity index is 2.82. The Bertz CT molecular complexity index is 227. The lowest BCUT2D eigenvalue weighted by Crippen LogP contribution is -2.51. The molecule has 2 unspecified atom stereocenters. The third kappa shape index (κ3) is 2.02. The SMILES string of the molecule is CCC(C)N1C(N)=NCC1C(C)(C)C. The van der Waals surface area contributed by atoms with Gasteiger partial charge in [0, 0.05) is 6.04 Å². The van der Waals surface area contributed by atoms with Crippen LogP contribution in [-0.2, 0) is 0 Å². The van der Waals surface area contributed by atoms with Crippen molar-refractivity contribution in [3.05, 3.63) is 0 Å². The lowest BCUT2D eigenvalue weighted by atomic mass is 9.85. The monoisotopic (exact) mass is 197 g/mol. The number of guanidine groups is 1. The summed E-state index contributed by atoms with van der Waals surface area (Å²) in [6.45, 7) is 12.0. The number of hydrogen-bond donors (Lipinski definition) is 1. The third-order valence-corrected chi connectivity index (χ3v) is 3.09. The van der Waals surface area contributed by atoms with E-state index in [2.05, 4.69) is 44.5 Å². The Morgan fingerprint density at radius 3 is 2.57 bits per heavy atom. The molecule has 2 N–H and O–H groups in total. The molecule has 0 aromatic carbocycles. The zero-order valence-corrected chi connectivity index (χ0v) is 10.0. The highest BCUT2D eigenvalue weighted by Crippen LogP contribution is 2.29. The minimum atomic E-state index is 0.244. The highest BCUT2D eigenvalue weighted by Gasteiger charge is 2.37. The Morgan fingerprint density at radius 1 is 1.57 bits per heavy atom. The molecular formula is C11H23N3. The second kappa shape index (κ2) is 3.79. The first-order valence-corrected chi connectivity index (χ1v) is 5.46. The van der Waals surface area contributed by atoms with Crippen LogP contribution in [0.2, 0.25) is 0 Å². The first kappa shape index (κ1) is 11.3. The second-order valence-electron chi connectivity index (χ2n) is 5.25. The molecule has 0 aromatic heterocycles. The lowest BCUT2D eigenvalue weighted by Gasteiger charge is -2.39. The molecule has 0 amide bonds. The topological polar surface area (TPSA) is 41.6 Å². The van der Waals surface area contributed by atoms with Crippen molar-refractivity contribution in [3.8, 4) is 0 Å². The van der Waals surface area contributed by atoms with Gasteiger partial charge in [-0.15, -0.1) is 0 Å². The maximum absolute atomic E-state index is 5.92. The molecule has 2 atom stereocenters. The van der Waals surface area contributed by atoms with Gasteiger partial charge in [0.25, 0.3) is 0 Å². The van der Waals surface area contributed by atoms with Gasteiger partial charge in [-0.25, -0.2) is 0 Å². The van der Waals surface area contributed by atoms with Gasteiger partial charge in [0.1, 0.15) is 0 Å². The van der Waals surface area contributed by atoms with Crippen LogP contribution >= 0.6 is 0 Å². The van der Waals surface area contributed by atoms with E-state index in [1.54, 1.807) is 0 Å². The fourth-order valence-electron chi connectivity index (χ4n) is 1.93. The van der Waals surface area contributed by atoms with Crippen molar-refractivity contribution in [3.63, 3.8) is 0 Å². The molecule has 0 bridgehead atoms. The van der Waals surface area contributed by atoms with Crippen molar-refractivity contribution in [2.75, 3.05) is 6.54 Å². The molecule has 1 heterocycles. The molecule has 3 heteroatoms. The van der Waals surface area contributed by atoms with Gasteiger partial charge in [0.05, 0.1) is 12.6 Å². The molecule has 1 rings (SSSR count). The first-order valence-electron chi connectivity index (χ1n) is 5.46. The van der Waals surface area contributed by atoms with Gasteiger partial charge in [0.15, 0.2) is 5.96 Å². The van der Waals surface area contributed by atoms with Crippen LogP contribution in [-0.4, -0.2) is 29.5 Å². The summed E-state index contributed by atoms with van der Waals surface area (Å²) >= 11 is 0. The van der Waals surface area contributed by atoms with Crippen molar-refractivity contribution in [1.29, 1.82) is 0 Å². The minimum Gasteiger partial charge on any atom is -0.370 e. The Morgan fingerprint density at radius 2 is 2.14 bits per heavy atom. The van der Waals surface area contributed by atoms with Crippen LogP contribution in [0.15, 0.2) is 4.99 Å². The Labute approximate surface area is 87.4 Å². The van der Waals surface area contributed by atoms with Gasteiger partial charge >= 0.3 is 0 Å². The van der Waals surface area contributed by atoms with Gasteiger partial charge in [-0.1, -0.05) is 27.7 Å². The van der Waals surface area contributed by atoms with Gasteiger partial charge in [-0.3, -0.25) is 4.99 Å². The smallest absolute Gasteiger partial charge is 0.191 e. The molecule has 0 spiro atoms. The van der Waals surface area contributed by atoms with E-state index in [1.165, 1.54) is 0 Å².